The number of hydrogen-bond acceptors (Lipinski definition) is 5. The Hall–Kier alpha value is -2.17. The van der Waals surface area contributed by atoms with Crippen LogP contribution < -0.4 is 15.4 Å². The van der Waals surface area contributed by atoms with Crippen LogP contribution in [0.5, 0.6) is 5.88 Å². The second kappa shape index (κ2) is 9.76. The van der Waals surface area contributed by atoms with Crippen LogP contribution in [0.4, 0.5) is 0 Å². The molecule has 0 spiro atoms. The number of carbonyl (C=O) groups excluding carboxylic acids is 2. The average molecular weight is 525 g/mol. The largest absolute Gasteiger partial charge is 0.481 e. The van der Waals surface area contributed by atoms with Crippen molar-refractivity contribution in [3.8, 4) is 5.88 Å². The molecule has 1 saturated carbocycles. The van der Waals surface area contributed by atoms with Crippen LogP contribution in [0.25, 0.3) is 0 Å². The molecule has 1 aromatic heterocycles. The Morgan fingerprint density at radius 1 is 1.23 bits per heavy atom. The molecule has 2 fully saturated rings. The Labute approximate surface area is 193 Å². The van der Waals surface area contributed by atoms with Crippen LogP contribution in [0.1, 0.15) is 18.9 Å². The Morgan fingerprint density at radius 3 is 2.57 bits per heavy atom. The molecule has 2 amide bonds. The van der Waals surface area contributed by atoms with Crippen molar-refractivity contribution in [1.29, 1.82) is 0 Å². The van der Waals surface area contributed by atoms with E-state index >= 15 is 0 Å². The number of hydrogen-bond donors (Lipinski definition) is 2. The number of likely N-dealkylation sites (tertiary alicyclic amines) is 1. The Bertz CT molecular complexity index is 829. The number of methoxy groups -OCH3 is 1. The van der Waals surface area contributed by atoms with E-state index in [1.54, 1.807) is 13.3 Å². The van der Waals surface area contributed by atoms with Gasteiger partial charge in [0.2, 0.25) is 17.7 Å². The lowest BCUT2D eigenvalue weighted by Crippen LogP contribution is -2.43. The number of allylic oxidation sites excluding steroid dienone is 2. The van der Waals surface area contributed by atoms with E-state index in [1.807, 2.05) is 19.1 Å². The minimum absolute atomic E-state index is 0. The van der Waals surface area contributed by atoms with Gasteiger partial charge in [0.25, 0.3) is 0 Å². The first-order chi connectivity index (χ1) is 14.1. The van der Waals surface area contributed by atoms with Gasteiger partial charge in [-0.3, -0.25) is 14.5 Å². The average Bonchev–Trinajstić information content (AvgIpc) is 3.41. The maximum atomic E-state index is 12.7. The summed E-state index contributed by atoms with van der Waals surface area (Å²) in [4.78, 5) is 35.6. The number of pyridine rings is 1. The van der Waals surface area contributed by atoms with Crippen molar-refractivity contribution >= 4 is 41.8 Å². The monoisotopic (exact) mass is 525 g/mol. The Balaban J connectivity index is 0.00000256. The van der Waals surface area contributed by atoms with Gasteiger partial charge < -0.3 is 15.4 Å². The number of carbonyl (C=O) groups is 2. The lowest BCUT2D eigenvalue weighted by molar-refractivity contribution is -0.140. The molecule has 8 nitrogen and oxygen atoms in total. The van der Waals surface area contributed by atoms with Crippen molar-refractivity contribution in [2.75, 3.05) is 26.7 Å². The van der Waals surface area contributed by atoms with Crippen LogP contribution in [0.3, 0.4) is 0 Å². The number of rotatable bonds is 7. The zero-order valence-electron chi connectivity index (χ0n) is 17.2. The normalized spacial score (nSPS) is 26.6. The molecule has 4 unspecified atom stereocenters. The van der Waals surface area contributed by atoms with E-state index in [9.17, 15) is 9.59 Å². The number of amides is 2. The topological polar surface area (TPSA) is 95.9 Å². The van der Waals surface area contributed by atoms with Crippen LogP contribution in [-0.4, -0.2) is 54.4 Å². The van der Waals surface area contributed by atoms with Crippen molar-refractivity contribution in [2.24, 2.45) is 28.7 Å². The molecular weight excluding hydrogens is 497 g/mol. The van der Waals surface area contributed by atoms with Gasteiger partial charge in [0, 0.05) is 31.9 Å². The first-order valence-corrected chi connectivity index (χ1v) is 10.2. The second-order valence-electron chi connectivity index (χ2n) is 7.66. The molecule has 0 aromatic carbocycles. The van der Waals surface area contributed by atoms with Gasteiger partial charge in [-0.15, -0.1) is 24.0 Å². The fraction of sp³-hybridized carbons (Fsp3) is 0.524. The predicted molar refractivity (Wildman–Crippen MR) is 123 cm³/mol. The number of aromatic nitrogens is 1. The number of guanidine groups is 1. The third kappa shape index (κ3) is 4.30. The lowest BCUT2D eigenvalue weighted by Gasteiger charge is -2.18. The van der Waals surface area contributed by atoms with Gasteiger partial charge in [-0.1, -0.05) is 12.2 Å². The fourth-order valence-corrected chi connectivity index (χ4v) is 4.64. The van der Waals surface area contributed by atoms with E-state index in [0.717, 1.165) is 12.0 Å². The molecule has 0 radical (unpaired) electrons. The standard InChI is InChI=1S/C21H27N5O3.HI/c1-3-22-21(25-12-13-6-7-23-16(10-13)29-2)24-8-9-26-19(27)17-14-4-5-15(11-14)18(17)20(26)28;/h4-7,10,14-15,17-18H,3,8-9,11-12H2,1-2H3,(H2,22,24,25);1H. The summed E-state index contributed by atoms with van der Waals surface area (Å²) >= 11 is 0. The molecule has 2 heterocycles. The third-order valence-corrected chi connectivity index (χ3v) is 5.96. The van der Waals surface area contributed by atoms with Gasteiger partial charge in [0.15, 0.2) is 5.96 Å². The number of halogens is 1. The predicted octanol–water partition coefficient (Wildman–Crippen LogP) is 1.57. The molecular formula is C21H28IN5O3. The maximum Gasteiger partial charge on any atom is 0.233 e. The van der Waals surface area contributed by atoms with E-state index in [1.165, 1.54) is 4.90 Å². The molecule has 3 aliphatic rings. The molecule has 4 atom stereocenters. The van der Waals surface area contributed by atoms with Crippen molar-refractivity contribution in [3.05, 3.63) is 36.0 Å². The first kappa shape index (κ1) is 22.5. The van der Waals surface area contributed by atoms with E-state index in [2.05, 4.69) is 32.8 Å². The summed E-state index contributed by atoms with van der Waals surface area (Å²) < 4.78 is 5.14. The minimum Gasteiger partial charge on any atom is -0.481 e. The quantitative estimate of drug-likeness (QED) is 0.185. The van der Waals surface area contributed by atoms with Crippen molar-refractivity contribution < 1.29 is 14.3 Å². The van der Waals surface area contributed by atoms with Gasteiger partial charge >= 0.3 is 0 Å². The summed E-state index contributed by atoms with van der Waals surface area (Å²) in [6, 6.07) is 3.73. The van der Waals surface area contributed by atoms with Crippen molar-refractivity contribution in [3.63, 3.8) is 0 Å². The Morgan fingerprint density at radius 2 is 1.93 bits per heavy atom. The summed E-state index contributed by atoms with van der Waals surface area (Å²) in [5, 5.41) is 6.41. The molecule has 9 heteroatoms. The molecule has 2 bridgehead atoms. The number of nitrogens with zero attached hydrogens (tertiary/aromatic N) is 3. The summed E-state index contributed by atoms with van der Waals surface area (Å²) in [5.41, 5.74) is 0.981. The molecule has 1 saturated heterocycles. The van der Waals surface area contributed by atoms with Crippen LogP contribution in [0, 0.1) is 23.7 Å². The zero-order valence-corrected chi connectivity index (χ0v) is 19.5. The van der Waals surface area contributed by atoms with Gasteiger partial charge in [0.1, 0.15) is 0 Å². The molecule has 1 aliphatic heterocycles. The summed E-state index contributed by atoms with van der Waals surface area (Å²) in [5.74, 6) is 1.39. The SMILES string of the molecule is CCNC(=NCc1ccnc(OC)c1)NCCN1C(=O)C2C3C=CC(C3)C2C1=O.I. The molecule has 2 aliphatic carbocycles. The Kier molecular flexibility index (Phi) is 7.32. The molecule has 4 rings (SSSR count). The van der Waals surface area contributed by atoms with Crippen LogP contribution in [-0.2, 0) is 16.1 Å². The number of imide groups is 1. The first-order valence-electron chi connectivity index (χ1n) is 10.2. The molecule has 2 N–H and O–H groups in total. The molecule has 1 aromatic rings. The second-order valence-corrected chi connectivity index (χ2v) is 7.66. The van der Waals surface area contributed by atoms with Crippen molar-refractivity contribution in [2.45, 2.75) is 19.9 Å². The van der Waals surface area contributed by atoms with E-state index < -0.39 is 0 Å². The number of nitrogens with one attached hydrogen (secondary N) is 2. The summed E-state index contributed by atoms with van der Waals surface area (Å²) in [6.45, 7) is 3.99. The van der Waals surface area contributed by atoms with Crippen LogP contribution in [0.2, 0.25) is 0 Å². The van der Waals surface area contributed by atoms with Gasteiger partial charge in [-0.2, -0.15) is 0 Å². The number of aliphatic imine (C=N–C) groups is 1. The third-order valence-electron chi connectivity index (χ3n) is 5.96. The number of ether oxygens (including phenoxy) is 1. The van der Waals surface area contributed by atoms with Crippen LogP contribution in [0.15, 0.2) is 35.5 Å². The molecule has 162 valence electrons. The van der Waals surface area contributed by atoms with Crippen LogP contribution >= 0.6 is 24.0 Å². The van der Waals surface area contributed by atoms with Gasteiger partial charge in [-0.25, -0.2) is 9.98 Å². The molecule has 30 heavy (non-hydrogen) atoms. The van der Waals surface area contributed by atoms with Gasteiger partial charge in [0.05, 0.1) is 25.5 Å². The summed E-state index contributed by atoms with van der Waals surface area (Å²) in [6.07, 6.45) is 6.87. The fourth-order valence-electron chi connectivity index (χ4n) is 4.64. The highest BCUT2D eigenvalue weighted by atomic mass is 127. The van der Waals surface area contributed by atoms with E-state index in [0.29, 0.717) is 38.0 Å². The zero-order chi connectivity index (χ0) is 20.4. The highest BCUT2D eigenvalue weighted by molar-refractivity contribution is 14.0. The smallest absolute Gasteiger partial charge is 0.233 e. The van der Waals surface area contributed by atoms with E-state index in [-0.39, 0.29) is 59.5 Å². The van der Waals surface area contributed by atoms with Gasteiger partial charge in [-0.05, 0) is 36.8 Å². The number of fused-ring (bicyclic) bond motifs is 5. The summed E-state index contributed by atoms with van der Waals surface area (Å²) in [7, 11) is 1.58. The maximum absolute atomic E-state index is 12.7. The van der Waals surface area contributed by atoms with E-state index in [4.69, 9.17) is 4.74 Å². The highest BCUT2D eigenvalue weighted by Gasteiger charge is 2.58. The highest BCUT2D eigenvalue weighted by Crippen LogP contribution is 2.52. The van der Waals surface area contributed by atoms with Crippen molar-refractivity contribution in [1.82, 2.24) is 20.5 Å². The lowest BCUT2D eigenvalue weighted by atomic mass is 9.85. The minimum atomic E-state index is -0.138.